The number of carbonyl (C=O) groups is 2. The zero-order valence-corrected chi connectivity index (χ0v) is 12.0. The van der Waals surface area contributed by atoms with E-state index < -0.39 is 0 Å². The molecule has 1 amide bonds. The highest BCUT2D eigenvalue weighted by Gasteiger charge is 2.14. The number of rotatable bonds is 9. The molecule has 0 bridgehead atoms. The zero-order chi connectivity index (χ0) is 14.0. The minimum Gasteiger partial charge on any atom is -0.465 e. The predicted octanol–water partition coefficient (Wildman–Crippen LogP) is 1.03. The fraction of sp³-hybridized carbons (Fsp3) is 0.846. The minimum atomic E-state index is -0.275. The molecule has 5 nitrogen and oxygen atoms in total. The van der Waals surface area contributed by atoms with Crippen LogP contribution in [0.3, 0.4) is 0 Å². The summed E-state index contributed by atoms with van der Waals surface area (Å²) in [4.78, 5) is 24.9. The van der Waals surface area contributed by atoms with E-state index in [-0.39, 0.29) is 25.0 Å². The van der Waals surface area contributed by atoms with E-state index in [0.29, 0.717) is 25.6 Å². The van der Waals surface area contributed by atoms with Crippen molar-refractivity contribution in [2.45, 2.75) is 34.1 Å². The Hall–Kier alpha value is -1.10. The Morgan fingerprint density at radius 3 is 2.39 bits per heavy atom. The van der Waals surface area contributed by atoms with Gasteiger partial charge < -0.3 is 10.1 Å². The first-order valence-corrected chi connectivity index (χ1v) is 6.64. The van der Waals surface area contributed by atoms with E-state index in [0.717, 1.165) is 6.42 Å². The number of carbonyl (C=O) groups excluding carboxylic acids is 2. The molecule has 0 saturated carbocycles. The summed E-state index contributed by atoms with van der Waals surface area (Å²) in [5, 5.41) is 2.84. The minimum absolute atomic E-state index is 0.0403. The van der Waals surface area contributed by atoms with Crippen molar-refractivity contribution in [2.24, 2.45) is 5.92 Å². The highest BCUT2D eigenvalue weighted by molar-refractivity contribution is 5.79. The Bertz CT molecular complexity index is 255. The zero-order valence-electron chi connectivity index (χ0n) is 12.0. The van der Waals surface area contributed by atoms with Crippen molar-refractivity contribution < 1.29 is 14.3 Å². The van der Waals surface area contributed by atoms with Gasteiger partial charge in [0.2, 0.25) is 5.91 Å². The van der Waals surface area contributed by atoms with E-state index in [9.17, 15) is 9.59 Å². The van der Waals surface area contributed by atoms with E-state index in [4.69, 9.17) is 4.74 Å². The Morgan fingerprint density at radius 1 is 1.22 bits per heavy atom. The summed E-state index contributed by atoms with van der Waals surface area (Å²) in [6.07, 6.45) is 0.900. The van der Waals surface area contributed by atoms with Crippen LogP contribution in [0.4, 0.5) is 0 Å². The van der Waals surface area contributed by atoms with Crippen LogP contribution < -0.4 is 5.32 Å². The molecule has 0 atom stereocenters. The number of amides is 1. The Balaban J connectivity index is 4.09. The van der Waals surface area contributed by atoms with Gasteiger partial charge in [-0.1, -0.05) is 20.8 Å². The smallest absolute Gasteiger partial charge is 0.320 e. The third-order valence-electron chi connectivity index (χ3n) is 2.27. The van der Waals surface area contributed by atoms with Crippen molar-refractivity contribution in [3.8, 4) is 0 Å². The summed E-state index contributed by atoms with van der Waals surface area (Å²) in [6.45, 7) is 10.1. The Morgan fingerprint density at radius 2 is 1.89 bits per heavy atom. The molecule has 18 heavy (non-hydrogen) atoms. The Kier molecular flexibility index (Phi) is 9.28. The molecule has 0 aliphatic rings. The van der Waals surface area contributed by atoms with Gasteiger partial charge in [0.25, 0.3) is 0 Å². The standard InChI is InChI=1S/C13H26N2O3/c1-5-7-15(10-13(17)18-6-2)9-12(16)14-8-11(3)4/h11H,5-10H2,1-4H3,(H,14,16). The van der Waals surface area contributed by atoms with Crippen LogP contribution in [0.5, 0.6) is 0 Å². The van der Waals surface area contributed by atoms with E-state index in [1.807, 2.05) is 25.7 Å². The molecule has 5 heteroatoms. The molecule has 106 valence electrons. The van der Waals surface area contributed by atoms with Crippen LogP contribution in [0.2, 0.25) is 0 Å². The average molecular weight is 258 g/mol. The average Bonchev–Trinajstić information content (AvgIpc) is 2.27. The number of nitrogens with zero attached hydrogens (tertiary/aromatic N) is 1. The first kappa shape index (κ1) is 16.9. The summed E-state index contributed by atoms with van der Waals surface area (Å²) in [6, 6.07) is 0. The largest absolute Gasteiger partial charge is 0.465 e. The lowest BCUT2D eigenvalue weighted by molar-refractivity contribution is -0.144. The molecule has 0 spiro atoms. The van der Waals surface area contributed by atoms with Crippen LogP contribution in [0.1, 0.15) is 34.1 Å². The normalized spacial score (nSPS) is 10.8. The second-order valence-electron chi connectivity index (χ2n) is 4.71. The second-order valence-corrected chi connectivity index (χ2v) is 4.71. The van der Waals surface area contributed by atoms with Gasteiger partial charge in [-0.05, 0) is 25.8 Å². The van der Waals surface area contributed by atoms with Gasteiger partial charge in [0.1, 0.15) is 0 Å². The molecular weight excluding hydrogens is 232 g/mol. The van der Waals surface area contributed by atoms with E-state index in [1.165, 1.54) is 0 Å². The molecule has 0 rings (SSSR count). The topological polar surface area (TPSA) is 58.6 Å². The van der Waals surface area contributed by atoms with Crippen molar-refractivity contribution in [1.82, 2.24) is 10.2 Å². The van der Waals surface area contributed by atoms with E-state index in [2.05, 4.69) is 5.32 Å². The van der Waals surface area contributed by atoms with E-state index >= 15 is 0 Å². The number of esters is 1. The summed E-state index contributed by atoms with van der Waals surface area (Å²) < 4.78 is 4.89. The maximum absolute atomic E-state index is 11.7. The first-order chi connectivity index (χ1) is 8.49. The van der Waals surface area contributed by atoms with Gasteiger partial charge in [0, 0.05) is 6.54 Å². The predicted molar refractivity (Wildman–Crippen MR) is 71.2 cm³/mol. The number of hydrogen-bond acceptors (Lipinski definition) is 4. The first-order valence-electron chi connectivity index (χ1n) is 6.64. The molecule has 0 aromatic heterocycles. The third-order valence-corrected chi connectivity index (χ3v) is 2.27. The summed E-state index contributed by atoms with van der Waals surface area (Å²) in [5.74, 6) is 0.114. The van der Waals surface area contributed by atoms with Crippen molar-refractivity contribution in [2.75, 3.05) is 32.8 Å². The molecular formula is C13H26N2O3. The fourth-order valence-corrected chi connectivity index (χ4v) is 1.50. The quantitative estimate of drug-likeness (QED) is 0.628. The number of nitrogens with one attached hydrogen (secondary N) is 1. The molecule has 0 radical (unpaired) electrons. The van der Waals surface area contributed by atoms with Crippen LogP contribution in [0, 0.1) is 5.92 Å². The van der Waals surface area contributed by atoms with Crippen molar-refractivity contribution in [1.29, 1.82) is 0 Å². The van der Waals surface area contributed by atoms with Gasteiger partial charge in [-0.25, -0.2) is 0 Å². The van der Waals surface area contributed by atoms with Crippen LogP contribution in [0.15, 0.2) is 0 Å². The Labute approximate surface area is 110 Å². The van der Waals surface area contributed by atoms with Gasteiger partial charge in [0.05, 0.1) is 19.7 Å². The van der Waals surface area contributed by atoms with Crippen molar-refractivity contribution in [3.63, 3.8) is 0 Å². The molecule has 0 aliphatic heterocycles. The van der Waals surface area contributed by atoms with Crippen molar-refractivity contribution >= 4 is 11.9 Å². The molecule has 0 aromatic rings. The van der Waals surface area contributed by atoms with Gasteiger partial charge in [0.15, 0.2) is 0 Å². The SMILES string of the molecule is CCCN(CC(=O)NCC(C)C)CC(=O)OCC. The van der Waals surface area contributed by atoms with Crippen molar-refractivity contribution in [3.05, 3.63) is 0 Å². The monoisotopic (exact) mass is 258 g/mol. The lowest BCUT2D eigenvalue weighted by Gasteiger charge is -2.20. The summed E-state index contributed by atoms with van der Waals surface area (Å²) in [5.41, 5.74) is 0. The fourth-order valence-electron chi connectivity index (χ4n) is 1.50. The molecule has 0 fully saturated rings. The highest BCUT2D eigenvalue weighted by atomic mass is 16.5. The molecule has 0 aliphatic carbocycles. The number of ether oxygens (including phenoxy) is 1. The molecule has 0 aromatic carbocycles. The molecule has 0 unspecified atom stereocenters. The maximum atomic E-state index is 11.7. The third kappa shape index (κ3) is 8.98. The van der Waals surface area contributed by atoms with Gasteiger partial charge in [-0.3, -0.25) is 14.5 Å². The van der Waals surface area contributed by atoms with Crippen LogP contribution in [0.25, 0.3) is 0 Å². The number of hydrogen-bond donors (Lipinski definition) is 1. The lowest BCUT2D eigenvalue weighted by atomic mass is 10.2. The second kappa shape index (κ2) is 9.88. The van der Waals surface area contributed by atoms with Crippen LogP contribution in [-0.4, -0.2) is 49.6 Å². The van der Waals surface area contributed by atoms with Crippen LogP contribution >= 0.6 is 0 Å². The highest BCUT2D eigenvalue weighted by Crippen LogP contribution is 1.94. The van der Waals surface area contributed by atoms with Gasteiger partial charge in [-0.2, -0.15) is 0 Å². The summed E-state index contributed by atoms with van der Waals surface area (Å²) >= 11 is 0. The lowest BCUT2D eigenvalue weighted by Crippen LogP contribution is -2.41. The summed E-state index contributed by atoms with van der Waals surface area (Å²) in [7, 11) is 0. The van der Waals surface area contributed by atoms with Gasteiger partial charge >= 0.3 is 5.97 Å². The van der Waals surface area contributed by atoms with E-state index in [1.54, 1.807) is 6.92 Å². The van der Waals surface area contributed by atoms with Gasteiger partial charge in [-0.15, -0.1) is 0 Å². The molecule has 0 heterocycles. The maximum Gasteiger partial charge on any atom is 0.320 e. The van der Waals surface area contributed by atoms with Crippen LogP contribution in [-0.2, 0) is 14.3 Å². The molecule has 1 N–H and O–H groups in total. The molecule has 0 saturated heterocycles.